The predicted molar refractivity (Wildman–Crippen MR) is 125 cm³/mol. The molecule has 8 atom stereocenters. The van der Waals surface area contributed by atoms with Crippen LogP contribution >= 0.6 is 0 Å². The van der Waals surface area contributed by atoms with Crippen molar-refractivity contribution in [3.8, 4) is 11.8 Å². The summed E-state index contributed by atoms with van der Waals surface area (Å²) in [6, 6.07) is 6.19. The van der Waals surface area contributed by atoms with E-state index in [9.17, 15) is 14.6 Å². The first-order valence-corrected chi connectivity index (χ1v) is 12.5. The van der Waals surface area contributed by atoms with Crippen LogP contribution in [0, 0.1) is 52.2 Å². The quantitative estimate of drug-likeness (QED) is 0.427. The maximum Gasteiger partial charge on any atom is 0.126 e. The third kappa shape index (κ3) is 3.46. The van der Waals surface area contributed by atoms with E-state index in [-0.39, 0.29) is 28.7 Å². The summed E-state index contributed by atoms with van der Waals surface area (Å²) >= 11 is 0. The number of rotatable bonds is 1. The molecule has 4 aliphatic rings. The predicted octanol–water partition coefficient (Wildman–Crippen LogP) is 5.87. The van der Waals surface area contributed by atoms with Crippen molar-refractivity contribution in [2.45, 2.75) is 83.8 Å². The van der Waals surface area contributed by atoms with Gasteiger partial charge in [-0.2, -0.15) is 0 Å². The zero-order valence-electron chi connectivity index (χ0n) is 19.7. The van der Waals surface area contributed by atoms with Gasteiger partial charge in [-0.05, 0) is 111 Å². The van der Waals surface area contributed by atoms with Crippen molar-refractivity contribution in [1.29, 1.82) is 0 Å². The van der Waals surface area contributed by atoms with Gasteiger partial charge < -0.3 is 10.2 Å². The summed E-state index contributed by atoms with van der Waals surface area (Å²) in [7, 11) is 0. The fourth-order valence-electron chi connectivity index (χ4n) is 8.38. The Morgan fingerprint density at radius 1 is 1.03 bits per heavy atom. The highest BCUT2D eigenvalue weighted by Crippen LogP contribution is 2.67. The number of aliphatic hydroxyl groups is 2. The fraction of sp³-hybridized carbons (Fsp3) is 0.655. The minimum Gasteiger partial charge on any atom is -0.393 e. The molecule has 0 saturated heterocycles. The lowest BCUT2D eigenvalue weighted by Crippen LogP contribution is -2.52. The molecule has 2 nitrogen and oxygen atoms in total. The van der Waals surface area contributed by atoms with Gasteiger partial charge in [-0.3, -0.25) is 0 Å². The van der Waals surface area contributed by atoms with Crippen LogP contribution < -0.4 is 0 Å². The van der Waals surface area contributed by atoms with Gasteiger partial charge in [-0.15, -0.1) is 0 Å². The Balaban J connectivity index is 1.40. The SMILES string of the molecule is C[C@]12CC[C@H]3[C@@H](CC=C4C[C@@H](O)CC[C@@]43C)[C@@H]1CC[C@@H]2[C@](C)(O)C#Cc1ccc(F)cc1. The Hall–Kier alpha value is -1.63. The standard InChI is InChI=1S/C29H37FO2/c1-27-15-13-22(31)18-20(27)6-9-23-24-10-11-26(28(24,2)16-14-25(23)27)29(3,32)17-12-19-4-7-21(30)8-5-19/h4-8,22-26,31-32H,9-11,13-16,18H2,1-3H3/t22-,23-,24-,25-,26-,27-,28-,29+/m0/s1. The van der Waals surface area contributed by atoms with Gasteiger partial charge in [-0.25, -0.2) is 4.39 Å². The van der Waals surface area contributed by atoms with E-state index in [4.69, 9.17) is 0 Å². The molecule has 3 heteroatoms. The number of hydrogen-bond donors (Lipinski definition) is 2. The van der Waals surface area contributed by atoms with E-state index in [1.54, 1.807) is 12.1 Å². The molecule has 0 spiro atoms. The van der Waals surface area contributed by atoms with Crippen molar-refractivity contribution >= 4 is 0 Å². The lowest BCUT2D eigenvalue weighted by Gasteiger charge is -2.58. The van der Waals surface area contributed by atoms with Crippen LogP contribution in [0.3, 0.4) is 0 Å². The number of fused-ring (bicyclic) bond motifs is 5. The van der Waals surface area contributed by atoms with Crippen molar-refractivity contribution in [2.24, 2.45) is 34.5 Å². The number of hydrogen-bond acceptors (Lipinski definition) is 2. The molecule has 0 aromatic heterocycles. The molecule has 172 valence electrons. The summed E-state index contributed by atoms with van der Waals surface area (Å²) < 4.78 is 13.2. The van der Waals surface area contributed by atoms with Gasteiger partial charge in [-0.1, -0.05) is 37.3 Å². The zero-order valence-corrected chi connectivity index (χ0v) is 19.7. The van der Waals surface area contributed by atoms with Gasteiger partial charge in [0.2, 0.25) is 0 Å². The minimum atomic E-state index is -1.06. The van der Waals surface area contributed by atoms with E-state index >= 15 is 0 Å². The van der Waals surface area contributed by atoms with Gasteiger partial charge in [0.05, 0.1) is 6.10 Å². The molecule has 0 bridgehead atoms. The van der Waals surface area contributed by atoms with Crippen LogP contribution in [0.5, 0.6) is 0 Å². The number of aliphatic hydroxyl groups excluding tert-OH is 1. The average Bonchev–Trinajstić information content (AvgIpc) is 3.12. The van der Waals surface area contributed by atoms with Crippen LogP contribution in [0.2, 0.25) is 0 Å². The maximum absolute atomic E-state index is 13.2. The number of benzene rings is 1. The third-order valence-corrected chi connectivity index (χ3v) is 10.1. The molecular weight excluding hydrogens is 399 g/mol. The molecule has 1 aromatic rings. The first-order chi connectivity index (χ1) is 15.1. The normalized spacial score (nSPS) is 42.4. The van der Waals surface area contributed by atoms with E-state index < -0.39 is 5.60 Å². The summed E-state index contributed by atoms with van der Waals surface area (Å²) in [5.74, 6) is 8.14. The van der Waals surface area contributed by atoms with Crippen molar-refractivity contribution in [3.63, 3.8) is 0 Å². The largest absolute Gasteiger partial charge is 0.393 e. The van der Waals surface area contributed by atoms with Crippen LogP contribution in [-0.2, 0) is 0 Å². The van der Waals surface area contributed by atoms with E-state index in [1.807, 2.05) is 6.92 Å². The van der Waals surface area contributed by atoms with Crippen molar-refractivity contribution in [1.82, 2.24) is 0 Å². The van der Waals surface area contributed by atoms with Gasteiger partial charge in [0.15, 0.2) is 0 Å². The Morgan fingerprint density at radius 2 is 1.78 bits per heavy atom. The molecule has 5 rings (SSSR count). The van der Waals surface area contributed by atoms with E-state index in [0.717, 1.165) is 44.1 Å². The smallest absolute Gasteiger partial charge is 0.126 e. The Kier molecular flexibility index (Phi) is 5.34. The molecule has 0 radical (unpaired) electrons. The first kappa shape index (κ1) is 22.2. The molecule has 32 heavy (non-hydrogen) atoms. The highest BCUT2D eigenvalue weighted by atomic mass is 19.1. The number of allylic oxidation sites excluding steroid dienone is 1. The van der Waals surface area contributed by atoms with Crippen molar-refractivity contribution < 1.29 is 14.6 Å². The van der Waals surface area contributed by atoms with Gasteiger partial charge >= 0.3 is 0 Å². The maximum atomic E-state index is 13.2. The highest BCUT2D eigenvalue weighted by molar-refractivity contribution is 5.37. The van der Waals surface area contributed by atoms with Crippen LogP contribution in [0.4, 0.5) is 4.39 Å². The van der Waals surface area contributed by atoms with Crippen LogP contribution in [0.15, 0.2) is 35.9 Å². The van der Waals surface area contributed by atoms with Gasteiger partial charge in [0, 0.05) is 11.5 Å². The molecule has 0 aliphatic heterocycles. The second kappa shape index (κ2) is 7.71. The molecule has 2 N–H and O–H groups in total. The molecule has 0 unspecified atom stereocenters. The highest BCUT2D eigenvalue weighted by Gasteiger charge is 2.61. The Bertz CT molecular complexity index is 967. The van der Waals surface area contributed by atoms with Crippen molar-refractivity contribution in [3.05, 3.63) is 47.3 Å². The van der Waals surface area contributed by atoms with Crippen molar-refractivity contribution in [2.75, 3.05) is 0 Å². The van der Waals surface area contributed by atoms with Crippen LogP contribution in [0.25, 0.3) is 0 Å². The lowest BCUT2D eigenvalue weighted by atomic mass is 9.47. The van der Waals surface area contributed by atoms with Crippen LogP contribution in [-0.4, -0.2) is 21.9 Å². The molecular formula is C29H37FO2. The van der Waals surface area contributed by atoms with Gasteiger partial charge in [0.1, 0.15) is 11.4 Å². The molecule has 3 fully saturated rings. The molecule has 0 amide bonds. The average molecular weight is 437 g/mol. The summed E-state index contributed by atoms with van der Waals surface area (Å²) in [6.07, 6.45) is 10.9. The minimum absolute atomic E-state index is 0.0953. The monoisotopic (exact) mass is 436 g/mol. The number of halogens is 1. The fourth-order valence-corrected chi connectivity index (χ4v) is 8.38. The van der Waals surface area contributed by atoms with E-state index in [2.05, 4.69) is 31.8 Å². The topological polar surface area (TPSA) is 40.5 Å². The second-order valence-corrected chi connectivity index (χ2v) is 11.7. The van der Waals surface area contributed by atoms with Gasteiger partial charge in [0.25, 0.3) is 0 Å². The van der Waals surface area contributed by atoms with Crippen LogP contribution in [0.1, 0.15) is 77.7 Å². The molecule has 3 saturated carbocycles. The summed E-state index contributed by atoms with van der Waals surface area (Å²) in [5, 5.41) is 21.7. The lowest BCUT2D eigenvalue weighted by molar-refractivity contribution is -0.0826. The molecule has 1 aromatic carbocycles. The molecule has 0 heterocycles. The Morgan fingerprint density at radius 3 is 2.53 bits per heavy atom. The van der Waals surface area contributed by atoms with E-state index in [0.29, 0.717) is 17.8 Å². The summed E-state index contributed by atoms with van der Waals surface area (Å²) in [4.78, 5) is 0. The second-order valence-electron chi connectivity index (χ2n) is 11.7. The summed E-state index contributed by atoms with van der Waals surface area (Å²) in [6.45, 7) is 6.75. The Labute approximate surface area is 192 Å². The molecule has 4 aliphatic carbocycles. The first-order valence-electron chi connectivity index (χ1n) is 12.5. The zero-order chi connectivity index (χ0) is 22.7. The van der Waals surface area contributed by atoms with E-state index in [1.165, 1.54) is 30.5 Å². The summed E-state index contributed by atoms with van der Waals surface area (Å²) in [5.41, 5.74) is 1.53. The third-order valence-electron chi connectivity index (χ3n) is 10.1.